The number of aromatic nitrogens is 2. The molecule has 3 aromatic rings. The van der Waals surface area contributed by atoms with Gasteiger partial charge in [-0.3, -0.25) is 4.79 Å². The van der Waals surface area contributed by atoms with Gasteiger partial charge in [-0.05, 0) is 61.5 Å². The van der Waals surface area contributed by atoms with Gasteiger partial charge < -0.3 is 9.80 Å². The molecule has 1 aromatic carbocycles. The van der Waals surface area contributed by atoms with Crippen molar-refractivity contribution in [3.63, 3.8) is 0 Å². The van der Waals surface area contributed by atoms with E-state index in [1.54, 1.807) is 11.3 Å². The van der Waals surface area contributed by atoms with E-state index in [2.05, 4.69) is 11.4 Å². The van der Waals surface area contributed by atoms with Crippen molar-refractivity contribution in [3.8, 4) is 10.6 Å². The lowest BCUT2D eigenvalue weighted by Gasteiger charge is -2.32. The lowest BCUT2D eigenvalue weighted by molar-refractivity contribution is 0.0704. The van der Waals surface area contributed by atoms with Gasteiger partial charge in [0, 0.05) is 50.0 Å². The van der Waals surface area contributed by atoms with Crippen LogP contribution in [0.5, 0.6) is 0 Å². The molecule has 0 N–H and O–H groups in total. The highest BCUT2D eigenvalue weighted by Gasteiger charge is 2.27. The third-order valence-electron chi connectivity index (χ3n) is 5.35. The number of anilines is 1. The Morgan fingerprint density at radius 2 is 1.97 bits per heavy atom. The summed E-state index contributed by atoms with van der Waals surface area (Å²) >= 11 is 1.69. The van der Waals surface area contributed by atoms with E-state index in [1.165, 1.54) is 0 Å². The molecule has 1 saturated heterocycles. The molecule has 3 heterocycles. The molecule has 1 aliphatic heterocycles. The van der Waals surface area contributed by atoms with Gasteiger partial charge in [-0.2, -0.15) is 0 Å². The third kappa shape index (κ3) is 4.32. The lowest BCUT2D eigenvalue weighted by atomic mass is 9.96. The van der Waals surface area contributed by atoms with E-state index >= 15 is 0 Å². The van der Waals surface area contributed by atoms with Crippen molar-refractivity contribution < 1.29 is 4.79 Å². The number of carbonyl (C=O) groups is 1. The number of likely N-dealkylation sites (tertiary alicyclic amines) is 1. The van der Waals surface area contributed by atoms with E-state index < -0.39 is 0 Å². The van der Waals surface area contributed by atoms with Gasteiger partial charge in [0.25, 0.3) is 5.91 Å². The molecular weight excluding hydrogens is 380 g/mol. The highest BCUT2D eigenvalue weighted by molar-refractivity contribution is 7.13. The van der Waals surface area contributed by atoms with Crippen LogP contribution in [0.15, 0.2) is 47.8 Å². The fraction of sp³-hybridized carbons (Fsp3) is 0.348. The summed E-state index contributed by atoms with van der Waals surface area (Å²) < 4.78 is 0. The number of rotatable bonds is 4. The van der Waals surface area contributed by atoms with Crippen molar-refractivity contribution in [2.24, 2.45) is 0 Å². The minimum Gasteiger partial charge on any atom is -0.378 e. The van der Waals surface area contributed by atoms with Crippen LogP contribution in [-0.4, -0.2) is 48.0 Å². The molecule has 1 fully saturated rings. The molecule has 1 atom stereocenters. The SMILES string of the molecule is Cc1cc(-c2cccs2)nc([C@@H]2CCCN(C(=O)c3ccc(N(C)C)cc3)C2)n1. The Bertz CT molecular complexity index is 983. The van der Waals surface area contributed by atoms with Gasteiger partial charge in [0.15, 0.2) is 0 Å². The second kappa shape index (κ2) is 8.33. The first kappa shape index (κ1) is 19.6. The number of hydrogen-bond acceptors (Lipinski definition) is 5. The van der Waals surface area contributed by atoms with Crippen molar-refractivity contribution >= 4 is 22.9 Å². The zero-order valence-corrected chi connectivity index (χ0v) is 17.9. The Labute approximate surface area is 176 Å². The maximum Gasteiger partial charge on any atom is 0.253 e. The Balaban J connectivity index is 1.53. The van der Waals surface area contributed by atoms with Gasteiger partial charge in [0.1, 0.15) is 5.82 Å². The quantitative estimate of drug-likeness (QED) is 0.635. The summed E-state index contributed by atoms with van der Waals surface area (Å²) in [5.41, 5.74) is 3.78. The summed E-state index contributed by atoms with van der Waals surface area (Å²) in [5, 5.41) is 2.06. The minimum atomic E-state index is 0.0890. The molecule has 2 aromatic heterocycles. The number of nitrogens with zero attached hydrogens (tertiary/aromatic N) is 4. The average Bonchev–Trinajstić information content (AvgIpc) is 3.28. The molecule has 1 amide bonds. The van der Waals surface area contributed by atoms with Gasteiger partial charge in [-0.25, -0.2) is 9.97 Å². The zero-order chi connectivity index (χ0) is 20.4. The number of benzene rings is 1. The van der Waals surface area contributed by atoms with Crippen molar-refractivity contribution in [1.29, 1.82) is 0 Å². The smallest absolute Gasteiger partial charge is 0.253 e. The number of hydrogen-bond donors (Lipinski definition) is 0. The Morgan fingerprint density at radius 3 is 2.66 bits per heavy atom. The predicted molar refractivity (Wildman–Crippen MR) is 119 cm³/mol. The average molecular weight is 407 g/mol. The summed E-state index contributed by atoms with van der Waals surface area (Å²) in [7, 11) is 4.00. The maximum absolute atomic E-state index is 13.1. The first-order chi connectivity index (χ1) is 14.0. The minimum absolute atomic E-state index is 0.0890. The second-order valence-electron chi connectivity index (χ2n) is 7.76. The monoisotopic (exact) mass is 406 g/mol. The van der Waals surface area contributed by atoms with E-state index in [0.717, 1.165) is 52.7 Å². The number of carbonyl (C=O) groups excluding carboxylic acids is 1. The summed E-state index contributed by atoms with van der Waals surface area (Å²) in [6, 6.07) is 14.0. The summed E-state index contributed by atoms with van der Waals surface area (Å²) in [6.07, 6.45) is 1.98. The molecule has 150 valence electrons. The van der Waals surface area contributed by atoms with E-state index in [1.807, 2.05) is 67.2 Å². The van der Waals surface area contributed by atoms with E-state index in [0.29, 0.717) is 6.54 Å². The Morgan fingerprint density at radius 1 is 1.17 bits per heavy atom. The summed E-state index contributed by atoms with van der Waals surface area (Å²) in [5.74, 6) is 1.12. The van der Waals surface area contributed by atoms with Crippen LogP contribution in [0, 0.1) is 6.92 Å². The molecule has 6 heteroatoms. The number of aryl methyl sites for hydroxylation is 1. The molecule has 0 unspecified atom stereocenters. The van der Waals surface area contributed by atoms with Gasteiger partial charge in [-0.15, -0.1) is 11.3 Å². The Hall–Kier alpha value is -2.73. The highest BCUT2D eigenvalue weighted by Crippen LogP contribution is 2.29. The van der Waals surface area contributed by atoms with Crippen molar-refractivity contribution in [1.82, 2.24) is 14.9 Å². The fourth-order valence-electron chi connectivity index (χ4n) is 3.78. The van der Waals surface area contributed by atoms with Crippen LogP contribution in [0.4, 0.5) is 5.69 Å². The molecule has 0 radical (unpaired) electrons. The van der Waals surface area contributed by atoms with Crippen molar-refractivity contribution in [3.05, 3.63) is 64.9 Å². The Kier molecular flexibility index (Phi) is 5.62. The molecule has 0 saturated carbocycles. The molecule has 0 aliphatic carbocycles. The van der Waals surface area contributed by atoms with Crippen LogP contribution in [0.2, 0.25) is 0 Å². The summed E-state index contributed by atoms with van der Waals surface area (Å²) in [6.45, 7) is 3.47. The van der Waals surface area contributed by atoms with E-state index in [4.69, 9.17) is 9.97 Å². The zero-order valence-electron chi connectivity index (χ0n) is 17.1. The van der Waals surface area contributed by atoms with Gasteiger partial charge in [0.2, 0.25) is 0 Å². The molecule has 5 nitrogen and oxygen atoms in total. The third-order valence-corrected chi connectivity index (χ3v) is 6.24. The van der Waals surface area contributed by atoms with Crippen LogP contribution in [0.1, 0.15) is 40.6 Å². The number of piperidine rings is 1. The van der Waals surface area contributed by atoms with Crippen LogP contribution >= 0.6 is 11.3 Å². The number of thiophene rings is 1. The first-order valence-electron chi connectivity index (χ1n) is 9.97. The first-order valence-corrected chi connectivity index (χ1v) is 10.9. The molecular formula is C23H26N4OS. The number of amides is 1. The maximum atomic E-state index is 13.1. The molecule has 0 bridgehead atoms. The normalized spacial score (nSPS) is 16.7. The van der Waals surface area contributed by atoms with Gasteiger partial charge in [0.05, 0.1) is 10.6 Å². The molecule has 0 spiro atoms. The summed E-state index contributed by atoms with van der Waals surface area (Å²) in [4.78, 5) is 27.8. The molecule has 4 rings (SSSR count). The second-order valence-corrected chi connectivity index (χ2v) is 8.71. The van der Waals surface area contributed by atoms with Crippen molar-refractivity contribution in [2.45, 2.75) is 25.7 Å². The lowest BCUT2D eigenvalue weighted by Crippen LogP contribution is -2.39. The molecule has 29 heavy (non-hydrogen) atoms. The van der Waals surface area contributed by atoms with Crippen LogP contribution < -0.4 is 4.90 Å². The van der Waals surface area contributed by atoms with Gasteiger partial charge >= 0.3 is 0 Å². The van der Waals surface area contributed by atoms with Crippen LogP contribution in [0.3, 0.4) is 0 Å². The molecule has 1 aliphatic rings. The van der Waals surface area contributed by atoms with E-state index in [-0.39, 0.29) is 11.8 Å². The largest absolute Gasteiger partial charge is 0.378 e. The van der Waals surface area contributed by atoms with Crippen LogP contribution in [0.25, 0.3) is 10.6 Å². The predicted octanol–water partition coefficient (Wildman–Crippen LogP) is 4.60. The van der Waals surface area contributed by atoms with Crippen molar-refractivity contribution in [2.75, 3.05) is 32.1 Å². The van der Waals surface area contributed by atoms with Gasteiger partial charge in [-0.1, -0.05) is 6.07 Å². The standard InChI is InChI=1S/C23H26N4OS/c1-16-14-20(21-7-5-13-29-21)25-22(24-16)18-6-4-12-27(15-18)23(28)17-8-10-19(11-9-17)26(2)3/h5,7-11,13-14,18H,4,6,12,15H2,1-3H3/t18-/m1/s1. The van der Waals surface area contributed by atoms with E-state index in [9.17, 15) is 4.79 Å². The topological polar surface area (TPSA) is 49.3 Å². The fourth-order valence-corrected chi connectivity index (χ4v) is 4.47. The highest BCUT2D eigenvalue weighted by atomic mass is 32.1. The van der Waals surface area contributed by atoms with Crippen LogP contribution in [-0.2, 0) is 0 Å².